The minimum absolute atomic E-state index is 0. The first-order chi connectivity index (χ1) is 14.0. The van der Waals surface area contributed by atoms with Gasteiger partial charge in [-0.2, -0.15) is 0 Å². The Morgan fingerprint density at radius 2 is 1.10 bits per heavy atom. The van der Waals surface area contributed by atoms with Gasteiger partial charge < -0.3 is 26.2 Å². The number of quaternary nitrogens is 1. The summed E-state index contributed by atoms with van der Waals surface area (Å²) in [5, 5.41) is 0. The Morgan fingerprint density at radius 3 is 1.47 bits per heavy atom. The molecule has 4 heteroatoms. The SMILES string of the molecule is C=C(C)C(=O)OCC[N+](CC)(CC)CCCCCCCCCCCCCCCC.[Br-]. The largest absolute Gasteiger partial charge is 1.00 e. The van der Waals surface area contributed by atoms with Gasteiger partial charge in [0, 0.05) is 5.57 Å². The quantitative estimate of drug-likeness (QED) is 0.103. The van der Waals surface area contributed by atoms with Crippen LogP contribution in [0.3, 0.4) is 0 Å². The summed E-state index contributed by atoms with van der Waals surface area (Å²) in [4.78, 5) is 11.6. The highest BCUT2D eigenvalue weighted by Gasteiger charge is 2.23. The lowest BCUT2D eigenvalue weighted by Crippen LogP contribution is -3.00. The van der Waals surface area contributed by atoms with E-state index in [1.165, 1.54) is 96.4 Å². The predicted molar refractivity (Wildman–Crippen MR) is 127 cm³/mol. The van der Waals surface area contributed by atoms with E-state index in [1.54, 1.807) is 6.92 Å². The van der Waals surface area contributed by atoms with E-state index in [1.807, 2.05) is 0 Å². The van der Waals surface area contributed by atoms with Crippen LogP contribution in [0.5, 0.6) is 0 Å². The maximum atomic E-state index is 11.6. The van der Waals surface area contributed by atoms with Crippen molar-refractivity contribution >= 4 is 5.97 Å². The third-order valence-corrected chi connectivity index (χ3v) is 6.47. The van der Waals surface area contributed by atoms with Gasteiger partial charge in [-0.3, -0.25) is 0 Å². The molecule has 0 aliphatic rings. The number of likely N-dealkylation sites (N-methyl/N-ethyl adjacent to an activating group) is 1. The molecule has 0 bridgehead atoms. The number of carbonyl (C=O) groups excluding carboxylic acids is 1. The second-order valence-electron chi connectivity index (χ2n) is 8.93. The minimum Gasteiger partial charge on any atom is -1.00 e. The summed E-state index contributed by atoms with van der Waals surface area (Å²) < 4.78 is 6.39. The molecular weight excluding hydrogens is 438 g/mol. The molecule has 0 aromatic rings. The van der Waals surface area contributed by atoms with Crippen molar-refractivity contribution in [1.82, 2.24) is 0 Å². The molecule has 0 rings (SSSR count). The maximum Gasteiger partial charge on any atom is 0.333 e. The summed E-state index contributed by atoms with van der Waals surface area (Å²) in [6.07, 6.45) is 19.6. The minimum atomic E-state index is -0.258. The molecule has 180 valence electrons. The average molecular weight is 491 g/mol. The number of hydrogen-bond donors (Lipinski definition) is 0. The Morgan fingerprint density at radius 1 is 0.700 bits per heavy atom. The molecule has 0 saturated carbocycles. The van der Waals surface area contributed by atoms with Crippen LogP contribution in [0.15, 0.2) is 12.2 Å². The van der Waals surface area contributed by atoms with Crippen molar-refractivity contribution in [2.24, 2.45) is 0 Å². The van der Waals surface area contributed by atoms with Crippen LogP contribution in [0.1, 0.15) is 118 Å². The molecular formula is C26H52BrNO2. The van der Waals surface area contributed by atoms with Crippen molar-refractivity contribution < 1.29 is 31.0 Å². The molecule has 0 amide bonds. The van der Waals surface area contributed by atoms with Gasteiger partial charge in [-0.05, 0) is 33.6 Å². The van der Waals surface area contributed by atoms with Crippen LogP contribution < -0.4 is 17.0 Å². The van der Waals surface area contributed by atoms with Crippen molar-refractivity contribution in [1.29, 1.82) is 0 Å². The fourth-order valence-corrected chi connectivity index (χ4v) is 4.06. The van der Waals surface area contributed by atoms with Crippen molar-refractivity contribution in [2.45, 2.75) is 118 Å². The number of rotatable bonds is 21. The first-order valence-electron chi connectivity index (χ1n) is 12.7. The normalized spacial score (nSPS) is 11.2. The monoisotopic (exact) mass is 489 g/mol. The molecule has 0 aliphatic carbocycles. The molecule has 0 fully saturated rings. The highest BCUT2D eigenvalue weighted by Crippen LogP contribution is 2.15. The summed E-state index contributed by atoms with van der Waals surface area (Å²) in [6, 6.07) is 0. The van der Waals surface area contributed by atoms with Gasteiger partial charge in [-0.25, -0.2) is 4.79 Å². The summed E-state index contributed by atoms with van der Waals surface area (Å²) in [6.45, 7) is 17.0. The second-order valence-corrected chi connectivity index (χ2v) is 8.93. The molecule has 0 atom stereocenters. The fourth-order valence-electron chi connectivity index (χ4n) is 4.06. The molecule has 3 nitrogen and oxygen atoms in total. The molecule has 0 heterocycles. The van der Waals surface area contributed by atoms with Crippen molar-refractivity contribution in [2.75, 3.05) is 32.8 Å². The fraction of sp³-hybridized carbons (Fsp3) is 0.885. The molecule has 0 aromatic heterocycles. The molecule has 0 saturated heterocycles. The van der Waals surface area contributed by atoms with Crippen molar-refractivity contribution in [3.05, 3.63) is 12.2 Å². The van der Waals surface area contributed by atoms with Crippen LogP contribution in [0, 0.1) is 0 Å². The number of halogens is 1. The smallest absolute Gasteiger partial charge is 0.333 e. The summed E-state index contributed by atoms with van der Waals surface area (Å²) >= 11 is 0. The first kappa shape index (κ1) is 31.8. The van der Waals surface area contributed by atoms with Crippen molar-refractivity contribution in [3.63, 3.8) is 0 Å². The summed E-state index contributed by atoms with van der Waals surface area (Å²) in [5.74, 6) is -0.258. The Kier molecular flexibility index (Phi) is 23.2. The molecule has 0 aliphatic heterocycles. The third-order valence-electron chi connectivity index (χ3n) is 6.47. The van der Waals surface area contributed by atoms with E-state index < -0.39 is 0 Å². The third kappa shape index (κ3) is 17.3. The molecule has 30 heavy (non-hydrogen) atoms. The molecule has 0 spiro atoms. The number of carbonyl (C=O) groups is 1. The van der Waals surface area contributed by atoms with E-state index in [2.05, 4.69) is 27.4 Å². The number of hydrogen-bond acceptors (Lipinski definition) is 2. The van der Waals surface area contributed by atoms with Crippen LogP contribution in [-0.4, -0.2) is 43.2 Å². The maximum absolute atomic E-state index is 11.6. The number of unbranched alkanes of at least 4 members (excludes halogenated alkanes) is 13. The van der Waals surface area contributed by atoms with Gasteiger partial charge >= 0.3 is 5.97 Å². The van der Waals surface area contributed by atoms with Gasteiger partial charge in [0.25, 0.3) is 0 Å². The average Bonchev–Trinajstić information content (AvgIpc) is 2.72. The summed E-state index contributed by atoms with van der Waals surface area (Å²) in [7, 11) is 0. The molecule has 0 radical (unpaired) electrons. The molecule has 0 N–H and O–H groups in total. The van der Waals surface area contributed by atoms with E-state index in [0.717, 1.165) is 24.1 Å². The van der Waals surface area contributed by atoms with E-state index in [0.29, 0.717) is 12.2 Å². The molecule has 0 unspecified atom stereocenters. The Bertz CT molecular complexity index is 408. The van der Waals surface area contributed by atoms with Crippen LogP contribution in [-0.2, 0) is 9.53 Å². The van der Waals surface area contributed by atoms with Gasteiger partial charge in [-0.15, -0.1) is 0 Å². The summed E-state index contributed by atoms with van der Waals surface area (Å²) in [5.41, 5.74) is 0.489. The number of nitrogens with zero attached hydrogens (tertiary/aromatic N) is 1. The zero-order chi connectivity index (χ0) is 21.8. The van der Waals surface area contributed by atoms with E-state index in [-0.39, 0.29) is 23.0 Å². The Labute approximate surface area is 199 Å². The topological polar surface area (TPSA) is 26.3 Å². The lowest BCUT2D eigenvalue weighted by molar-refractivity contribution is -0.925. The van der Waals surface area contributed by atoms with Gasteiger partial charge in [0.2, 0.25) is 0 Å². The standard InChI is InChI=1S/C26H52NO2.BrH/c1-6-9-10-11-12-13-14-15-16-17-18-19-20-21-22-27(7-2,8-3)23-24-29-26(28)25(4)5;/h4,6-24H2,1-3,5H3;1H/q+1;/p-1. The Balaban J connectivity index is 0. The van der Waals surface area contributed by atoms with Crippen molar-refractivity contribution in [3.8, 4) is 0 Å². The number of ether oxygens (including phenoxy) is 1. The van der Waals surface area contributed by atoms with Gasteiger partial charge in [0.1, 0.15) is 13.2 Å². The number of esters is 1. The highest BCUT2D eigenvalue weighted by atomic mass is 79.9. The van der Waals surface area contributed by atoms with Gasteiger partial charge in [0.15, 0.2) is 0 Å². The van der Waals surface area contributed by atoms with E-state index in [9.17, 15) is 4.79 Å². The molecule has 0 aromatic carbocycles. The van der Waals surface area contributed by atoms with Crippen LogP contribution >= 0.6 is 0 Å². The van der Waals surface area contributed by atoms with E-state index >= 15 is 0 Å². The van der Waals surface area contributed by atoms with E-state index in [4.69, 9.17) is 4.74 Å². The van der Waals surface area contributed by atoms with Gasteiger partial charge in [0.05, 0.1) is 19.6 Å². The van der Waals surface area contributed by atoms with Gasteiger partial charge in [-0.1, -0.05) is 90.6 Å². The lowest BCUT2D eigenvalue weighted by Gasteiger charge is -2.36. The predicted octanol–water partition coefficient (Wildman–Crippen LogP) is 4.45. The zero-order valence-electron chi connectivity index (χ0n) is 20.8. The zero-order valence-corrected chi connectivity index (χ0v) is 22.4. The van der Waals surface area contributed by atoms with Crippen LogP contribution in [0.4, 0.5) is 0 Å². The van der Waals surface area contributed by atoms with Crippen LogP contribution in [0.25, 0.3) is 0 Å². The van der Waals surface area contributed by atoms with Crippen LogP contribution in [0.2, 0.25) is 0 Å². The Hall–Kier alpha value is -0.350. The highest BCUT2D eigenvalue weighted by molar-refractivity contribution is 5.86. The first-order valence-corrected chi connectivity index (χ1v) is 12.7. The lowest BCUT2D eigenvalue weighted by atomic mass is 10.0. The second kappa shape index (κ2) is 21.9.